The third-order valence-electron chi connectivity index (χ3n) is 1.94. The predicted molar refractivity (Wildman–Crippen MR) is 83.8 cm³/mol. The van der Waals surface area contributed by atoms with Crippen LogP contribution >= 0.6 is 21.5 Å². The first-order valence-corrected chi connectivity index (χ1v) is 13.2. The molecule has 0 spiro atoms. The Morgan fingerprint density at radius 2 is 1.82 bits per heavy atom. The summed E-state index contributed by atoms with van der Waals surface area (Å²) in [5.74, 6) is -0.903. The summed E-state index contributed by atoms with van der Waals surface area (Å²) in [4.78, 5) is 0. The molecule has 5 heteroatoms. The highest BCUT2D eigenvalue weighted by molar-refractivity contribution is 9.40. The van der Waals surface area contributed by atoms with E-state index in [9.17, 15) is 0 Å². The van der Waals surface area contributed by atoms with Crippen LogP contribution in [0.3, 0.4) is 0 Å². The van der Waals surface area contributed by atoms with Crippen LogP contribution in [0.2, 0.25) is 19.6 Å². The second-order valence-electron chi connectivity index (χ2n) is 5.02. The van der Waals surface area contributed by atoms with Crippen molar-refractivity contribution < 1.29 is 4.52 Å². The highest BCUT2D eigenvalue weighted by Gasteiger charge is 2.22. The van der Waals surface area contributed by atoms with Gasteiger partial charge in [0.25, 0.3) is 0 Å². The van der Waals surface area contributed by atoms with Gasteiger partial charge in [-0.1, -0.05) is 25.1 Å². The van der Waals surface area contributed by atoms with Crippen molar-refractivity contribution in [2.75, 3.05) is 6.16 Å². The van der Waals surface area contributed by atoms with Crippen LogP contribution in [0.1, 0.15) is 13.3 Å². The molecule has 0 radical (unpaired) electrons. The van der Waals surface area contributed by atoms with E-state index in [-0.39, 0.29) is 0 Å². The number of hydrogen-bond donors (Lipinski definition) is 0. The maximum atomic E-state index is 6.11. The number of halogens is 1. The summed E-state index contributed by atoms with van der Waals surface area (Å²) in [6.07, 6.45) is 2.08. The van der Waals surface area contributed by atoms with Gasteiger partial charge >= 0.3 is 0 Å². The molecule has 1 rings (SSSR count). The number of nitrogens with zero attached hydrogens (tertiary/aromatic N) is 1. The van der Waals surface area contributed by atoms with E-state index >= 15 is 0 Å². The number of rotatable bonds is 5. The summed E-state index contributed by atoms with van der Waals surface area (Å²) in [5, 5.41) is 0. The third kappa shape index (κ3) is 5.89. The minimum atomic E-state index is -1.81. The van der Waals surface area contributed by atoms with Gasteiger partial charge in [-0.2, -0.15) is 0 Å². The van der Waals surface area contributed by atoms with Crippen molar-refractivity contribution >= 4 is 29.7 Å². The average Bonchev–Trinajstić information content (AvgIpc) is 2.15. The molecule has 1 aromatic carbocycles. The first-order chi connectivity index (χ1) is 7.85. The van der Waals surface area contributed by atoms with Crippen LogP contribution in [-0.4, -0.2) is 14.4 Å². The van der Waals surface area contributed by atoms with E-state index in [1.54, 1.807) is 0 Å². The Morgan fingerprint density at radius 3 is 2.29 bits per heavy atom. The molecule has 2 nitrogen and oxygen atoms in total. The molecule has 1 aromatic rings. The van der Waals surface area contributed by atoms with Crippen molar-refractivity contribution in [2.24, 2.45) is 4.41 Å². The summed E-state index contributed by atoms with van der Waals surface area (Å²) >= 11 is 3.78. The van der Waals surface area contributed by atoms with Gasteiger partial charge in [-0.3, -0.25) is 4.41 Å². The predicted octanol–water partition coefficient (Wildman–Crippen LogP) is 5.74. The zero-order valence-electron chi connectivity index (χ0n) is 11.0. The Hall–Kier alpha value is -0.0531. The molecule has 96 valence electrons. The lowest BCUT2D eigenvalue weighted by Crippen LogP contribution is -2.16. The van der Waals surface area contributed by atoms with Gasteiger partial charge in [0.2, 0.25) is 0 Å². The van der Waals surface area contributed by atoms with E-state index < -0.39 is 14.2 Å². The Bertz CT molecular complexity index is 403. The van der Waals surface area contributed by atoms with E-state index in [4.69, 9.17) is 8.93 Å². The Balaban J connectivity index is 2.98. The maximum absolute atomic E-state index is 6.11. The van der Waals surface area contributed by atoms with Crippen molar-refractivity contribution in [3.8, 4) is 5.75 Å². The van der Waals surface area contributed by atoms with Crippen LogP contribution in [0, 0.1) is 0 Å². The molecule has 0 fully saturated rings. The second kappa shape index (κ2) is 6.21. The van der Waals surface area contributed by atoms with Gasteiger partial charge in [-0.15, -0.1) is 0 Å². The standard InChI is InChI=1S/C12H21BrNOPSi/c1-5-11-16(13,14-17(2,3)4)15-12-9-7-6-8-10-12/h6-10H,5,11H2,1-4H3. The minimum Gasteiger partial charge on any atom is -0.451 e. The van der Waals surface area contributed by atoms with E-state index in [0.717, 1.165) is 18.3 Å². The van der Waals surface area contributed by atoms with Crippen LogP contribution in [0.4, 0.5) is 0 Å². The zero-order chi connectivity index (χ0) is 12.9. The molecule has 17 heavy (non-hydrogen) atoms. The summed E-state index contributed by atoms with van der Waals surface area (Å²) < 4.78 is 11.1. The third-order valence-corrected chi connectivity index (χ3v) is 9.95. The lowest BCUT2D eigenvalue weighted by Gasteiger charge is -2.23. The zero-order valence-corrected chi connectivity index (χ0v) is 14.5. The molecular weight excluding hydrogens is 313 g/mol. The first-order valence-electron chi connectivity index (χ1n) is 5.91. The average molecular weight is 334 g/mol. The monoisotopic (exact) mass is 333 g/mol. The quantitative estimate of drug-likeness (QED) is 0.497. The lowest BCUT2D eigenvalue weighted by molar-refractivity contribution is 0.617. The molecule has 0 aliphatic rings. The first kappa shape index (κ1) is 15.0. The van der Waals surface area contributed by atoms with Crippen LogP contribution < -0.4 is 4.52 Å². The van der Waals surface area contributed by atoms with Crippen LogP contribution in [0.15, 0.2) is 34.7 Å². The SMILES string of the molecule is CCCP(Br)(=N[Si](C)(C)C)Oc1ccccc1. The molecule has 0 aliphatic heterocycles. The molecule has 0 aliphatic carbocycles. The molecule has 0 amide bonds. The topological polar surface area (TPSA) is 21.6 Å². The molecule has 0 heterocycles. The summed E-state index contributed by atoms with van der Waals surface area (Å²) in [6.45, 7) is 8.90. The molecule has 0 N–H and O–H groups in total. The molecule has 1 atom stereocenters. The van der Waals surface area contributed by atoms with Gasteiger partial charge in [-0.25, -0.2) is 0 Å². The Labute approximate surface area is 114 Å². The van der Waals surface area contributed by atoms with Gasteiger partial charge < -0.3 is 4.52 Å². The van der Waals surface area contributed by atoms with E-state index in [2.05, 4.69) is 42.1 Å². The molecule has 0 saturated heterocycles. The van der Waals surface area contributed by atoms with Crippen molar-refractivity contribution in [1.82, 2.24) is 0 Å². The normalized spacial score (nSPS) is 15.1. The highest BCUT2D eigenvalue weighted by atomic mass is 79.9. The van der Waals surface area contributed by atoms with Crippen LogP contribution in [0.25, 0.3) is 0 Å². The van der Waals surface area contributed by atoms with E-state index in [0.29, 0.717) is 0 Å². The maximum Gasteiger partial charge on any atom is 0.188 e. The smallest absolute Gasteiger partial charge is 0.188 e. The summed E-state index contributed by atoms with van der Waals surface area (Å²) in [7, 11) is -1.48. The number of hydrogen-bond acceptors (Lipinski definition) is 2. The fraction of sp³-hybridized carbons (Fsp3) is 0.500. The number of para-hydroxylation sites is 1. The molecule has 1 unspecified atom stereocenters. The van der Waals surface area contributed by atoms with Gasteiger partial charge in [0.15, 0.2) is 14.2 Å². The van der Waals surface area contributed by atoms with Crippen molar-refractivity contribution in [2.45, 2.75) is 33.0 Å². The number of benzene rings is 1. The van der Waals surface area contributed by atoms with Crippen LogP contribution in [0.5, 0.6) is 5.75 Å². The van der Waals surface area contributed by atoms with E-state index in [1.807, 2.05) is 30.3 Å². The highest BCUT2D eigenvalue weighted by Crippen LogP contribution is 2.59. The van der Waals surface area contributed by atoms with Gasteiger partial charge in [-0.05, 0) is 38.2 Å². The van der Waals surface area contributed by atoms with Crippen LogP contribution in [-0.2, 0) is 0 Å². The van der Waals surface area contributed by atoms with Gasteiger partial charge in [0, 0.05) is 21.7 Å². The Kier molecular flexibility index (Phi) is 5.48. The second-order valence-corrected chi connectivity index (χ2v) is 15.3. The Morgan fingerprint density at radius 1 is 1.24 bits per heavy atom. The van der Waals surface area contributed by atoms with Crippen molar-refractivity contribution in [3.05, 3.63) is 30.3 Å². The molecule has 0 bridgehead atoms. The van der Waals surface area contributed by atoms with Gasteiger partial charge in [0.1, 0.15) is 5.75 Å². The van der Waals surface area contributed by atoms with Crippen molar-refractivity contribution in [1.29, 1.82) is 0 Å². The summed E-state index contributed by atoms with van der Waals surface area (Å²) in [5.41, 5.74) is 0. The van der Waals surface area contributed by atoms with Gasteiger partial charge in [0.05, 0.1) is 0 Å². The lowest BCUT2D eigenvalue weighted by atomic mass is 10.3. The fourth-order valence-corrected chi connectivity index (χ4v) is 12.6. The fourth-order valence-electron chi connectivity index (χ4n) is 1.48. The molecule has 0 saturated carbocycles. The molecule has 0 aromatic heterocycles. The minimum absolute atomic E-state index is 0.910. The molecular formula is C12H21BrNOPSi. The summed E-state index contributed by atoms with van der Waals surface area (Å²) in [6, 6.07) is 9.97. The largest absolute Gasteiger partial charge is 0.451 e. The van der Waals surface area contributed by atoms with E-state index in [1.165, 1.54) is 0 Å². The van der Waals surface area contributed by atoms with Crippen molar-refractivity contribution in [3.63, 3.8) is 0 Å².